The maximum Gasteiger partial charge on any atom is 0.299 e. The van der Waals surface area contributed by atoms with Crippen LogP contribution in [0.3, 0.4) is 0 Å². The van der Waals surface area contributed by atoms with E-state index in [4.69, 9.17) is 11.6 Å². The van der Waals surface area contributed by atoms with Gasteiger partial charge in [-0.1, -0.05) is 17.7 Å². The Hall–Kier alpha value is -1.68. The molecule has 2 rings (SSSR count). The van der Waals surface area contributed by atoms with Crippen molar-refractivity contribution in [3.63, 3.8) is 0 Å². The van der Waals surface area contributed by atoms with Gasteiger partial charge in [-0.25, -0.2) is 0 Å². The average molecular weight is 224 g/mol. The number of Topliss-reactive ketones (excluding diaryl/α,β-unsaturated/α-hetero) is 1. The topological polar surface area (TPSA) is 54.5 Å². The van der Waals surface area contributed by atoms with Gasteiger partial charge in [-0.3, -0.25) is 14.5 Å². The molecule has 15 heavy (non-hydrogen) atoms. The molecule has 0 aromatic heterocycles. The number of para-hydroxylation sites is 1. The minimum atomic E-state index is -0.704. The van der Waals surface area contributed by atoms with Gasteiger partial charge in [0.05, 0.1) is 22.8 Å². The Kier molecular flexibility index (Phi) is 2.28. The number of amides is 1. The van der Waals surface area contributed by atoms with E-state index in [0.717, 1.165) is 4.90 Å². The summed E-state index contributed by atoms with van der Waals surface area (Å²) in [5.41, 5.74) is 0.593. The zero-order chi connectivity index (χ0) is 11.0. The molecule has 0 fully saturated rings. The summed E-state index contributed by atoms with van der Waals surface area (Å²) >= 11 is 5.87. The summed E-state index contributed by atoms with van der Waals surface area (Å²) in [6.07, 6.45) is 0.559. The molecule has 0 bridgehead atoms. The summed E-state index contributed by atoms with van der Waals surface area (Å²) in [6, 6.07) is 4.69. The van der Waals surface area contributed by atoms with Gasteiger partial charge in [0.1, 0.15) is 6.29 Å². The summed E-state index contributed by atoms with van der Waals surface area (Å²) in [4.78, 5) is 34.4. The first-order chi connectivity index (χ1) is 7.16. The van der Waals surface area contributed by atoms with Gasteiger partial charge in [0.15, 0.2) is 0 Å². The second-order valence-corrected chi connectivity index (χ2v) is 3.45. The van der Waals surface area contributed by atoms with Crippen LogP contribution in [0.4, 0.5) is 5.69 Å². The molecule has 1 aliphatic rings. The highest BCUT2D eigenvalue weighted by Crippen LogP contribution is 2.35. The number of fused-ring (bicyclic) bond motifs is 1. The first-order valence-corrected chi connectivity index (χ1v) is 4.63. The zero-order valence-corrected chi connectivity index (χ0v) is 8.32. The third-order valence-electron chi connectivity index (χ3n) is 2.20. The molecular weight excluding hydrogens is 218 g/mol. The second kappa shape index (κ2) is 3.47. The first-order valence-electron chi connectivity index (χ1n) is 4.25. The number of nitrogens with zero attached hydrogens (tertiary/aromatic N) is 1. The molecule has 0 aliphatic carbocycles. The number of benzene rings is 1. The predicted molar refractivity (Wildman–Crippen MR) is 54.2 cm³/mol. The highest BCUT2D eigenvalue weighted by molar-refractivity contribution is 6.54. The van der Waals surface area contributed by atoms with Gasteiger partial charge >= 0.3 is 0 Å². The fraction of sp³-hybridized carbons (Fsp3) is 0.100. The Morgan fingerprint density at radius 2 is 2.07 bits per heavy atom. The lowest BCUT2D eigenvalue weighted by Crippen LogP contribution is -2.31. The number of carbonyl (C=O) groups is 3. The lowest BCUT2D eigenvalue weighted by atomic mass is 10.1. The SMILES string of the molecule is O=CCN1C(=O)C(=O)c2cccc(Cl)c21. The van der Waals surface area contributed by atoms with Crippen molar-refractivity contribution < 1.29 is 14.4 Å². The van der Waals surface area contributed by atoms with E-state index in [9.17, 15) is 14.4 Å². The number of halogens is 1. The number of hydrogen-bond donors (Lipinski definition) is 0. The maximum absolute atomic E-state index is 11.5. The van der Waals surface area contributed by atoms with Crippen LogP contribution in [0, 0.1) is 0 Å². The quantitative estimate of drug-likeness (QED) is 0.557. The Morgan fingerprint density at radius 1 is 1.33 bits per heavy atom. The van der Waals surface area contributed by atoms with Gasteiger partial charge in [0, 0.05) is 0 Å². The van der Waals surface area contributed by atoms with Gasteiger partial charge in [0.2, 0.25) is 0 Å². The highest BCUT2D eigenvalue weighted by Gasteiger charge is 2.36. The molecule has 0 saturated carbocycles. The van der Waals surface area contributed by atoms with Gasteiger partial charge in [-0.05, 0) is 12.1 Å². The van der Waals surface area contributed by atoms with E-state index in [0.29, 0.717) is 17.0 Å². The third-order valence-corrected chi connectivity index (χ3v) is 2.50. The molecule has 0 unspecified atom stereocenters. The molecular formula is C10H6ClNO3. The molecule has 0 N–H and O–H groups in total. The van der Waals surface area contributed by atoms with Crippen molar-refractivity contribution in [1.29, 1.82) is 0 Å². The Balaban J connectivity index is 2.61. The summed E-state index contributed by atoms with van der Waals surface area (Å²) in [5.74, 6) is -1.32. The second-order valence-electron chi connectivity index (χ2n) is 3.05. The van der Waals surface area contributed by atoms with Crippen LogP contribution in [0.5, 0.6) is 0 Å². The van der Waals surface area contributed by atoms with E-state index >= 15 is 0 Å². The van der Waals surface area contributed by atoms with Crippen molar-refractivity contribution in [2.24, 2.45) is 0 Å². The van der Waals surface area contributed by atoms with Gasteiger partial charge in [0.25, 0.3) is 11.7 Å². The van der Waals surface area contributed by atoms with Gasteiger partial charge in [-0.2, -0.15) is 0 Å². The fourth-order valence-electron chi connectivity index (χ4n) is 1.56. The molecule has 1 amide bonds. The van der Waals surface area contributed by atoms with Crippen molar-refractivity contribution in [2.45, 2.75) is 0 Å². The van der Waals surface area contributed by atoms with Crippen LogP contribution in [-0.4, -0.2) is 24.5 Å². The van der Waals surface area contributed by atoms with Crippen molar-refractivity contribution >= 4 is 35.3 Å². The molecule has 0 spiro atoms. The lowest BCUT2D eigenvalue weighted by molar-refractivity contribution is -0.115. The van der Waals surface area contributed by atoms with Crippen LogP contribution in [-0.2, 0) is 9.59 Å². The fourth-order valence-corrected chi connectivity index (χ4v) is 1.84. The number of ketones is 1. The van der Waals surface area contributed by atoms with Crippen molar-refractivity contribution in [3.8, 4) is 0 Å². The van der Waals surface area contributed by atoms with Crippen LogP contribution in [0.15, 0.2) is 18.2 Å². The predicted octanol–water partition coefficient (Wildman–Crippen LogP) is 1.07. The van der Waals surface area contributed by atoms with Crippen molar-refractivity contribution in [2.75, 3.05) is 11.4 Å². The van der Waals surface area contributed by atoms with Gasteiger partial charge in [-0.15, -0.1) is 0 Å². The minimum Gasteiger partial charge on any atom is -0.301 e. The largest absolute Gasteiger partial charge is 0.301 e. The monoisotopic (exact) mass is 223 g/mol. The van der Waals surface area contributed by atoms with E-state index in [1.54, 1.807) is 12.1 Å². The molecule has 76 valence electrons. The zero-order valence-electron chi connectivity index (χ0n) is 7.57. The van der Waals surface area contributed by atoms with E-state index in [1.165, 1.54) is 6.07 Å². The number of aldehydes is 1. The molecule has 1 heterocycles. The number of hydrogen-bond acceptors (Lipinski definition) is 3. The minimum absolute atomic E-state index is 0.151. The summed E-state index contributed by atoms with van der Waals surface area (Å²) in [6.45, 7) is -0.151. The standard InChI is InChI=1S/C10H6ClNO3/c11-7-3-1-2-6-8(7)12(4-5-13)10(15)9(6)14/h1-3,5H,4H2. The highest BCUT2D eigenvalue weighted by atomic mass is 35.5. The van der Waals surface area contributed by atoms with Crippen LogP contribution < -0.4 is 4.90 Å². The first kappa shape index (κ1) is 9.86. The van der Waals surface area contributed by atoms with E-state index in [1.807, 2.05) is 0 Å². The number of anilines is 1. The Labute approximate surface area is 90.4 Å². The third kappa shape index (κ3) is 1.34. The number of rotatable bonds is 2. The van der Waals surface area contributed by atoms with Crippen LogP contribution in [0.25, 0.3) is 0 Å². The average Bonchev–Trinajstić information content (AvgIpc) is 2.46. The summed E-state index contributed by atoms with van der Waals surface area (Å²) in [5, 5.41) is 0.300. The van der Waals surface area contributed by atoms with Crippen LogP contribution in [0.2, 0.25) is 5.02 Å². The van der Waals surface area contributed by atoms with E-state index in [2.05, 4.69) is 0 Å². The number of carbonyl (C=O) groups excluding carboxylic acids is 3. The lowest BCUT2D eigenvalue weighted by Gasteiger charge is -2.13. The van der Waals surface area contributed by atoms with E-state index < -0.39 is 11.7 Å². The molecule has 5 heteroatoms. The molecule has 0 saturated heterocycles. The summed E-state index contributed by atoms with van der Waals surface area (Å²) in [7, 11) is 0. The Bertz CT molecular complexity index is 470. The van der Waals surface area contributed by atoms with Crippen molar-refractivity contribution in [3.05, 3.63) is 28.8 Å². The molecule has 4 nitrogen and oxygen atoms in total. The van der Waals surface area contributed by atoms with E-state index in [-0.39, 0.29) is 12.1 Å². The molecule has 0 atom stereocenters. The Morgan fingerprint density at radius 3 is 2.73 bits per heavy atom. The molecule has 1 aromatic rings. The van der Waals surface area contributed by atoms with Crippen molar-refractivity contribution in [1.82, 2.24) is 0 Å². The molecule has 0 radical (unpaired) electrons. The molecule has 1 aromatic carbocycles. The van der Waals surface area contributed by atoms with Crippen LogP contribution in [0.1, 0.15) is 10.4 Å². The van der Waals surface area contributed by atoms with Gasteiger partial charge < -0.3 is 4.79 Å². The normalized spacial score (nSPS) is 14.3. The maximum atomic E-state index is 11.5. The van der Waals surface area contributed by atoms with Crippen LogP contribution >= 0.6 is 11.6 Å². The smallest absolute Gasteiger partial charge is 0.299 e. The summed E-state index contributed by atoms with van der Waals surface area (Å²) < 4.78 is 0. The molecule has 1 aliphatic heterocycles.